The van der Waals surface area contributed by atoms with Crippen LogP contribution in [-0.2, 0) is 10.2 Å². The van der Waals surface area contributed by atoms with Gasteiger partial charge in [0.25, 0.3) is 0 Å². The summed E-state index contributed by atoms with van der Waals surface area (Å²) in [6.07, 6.45) is -0.00735. The fourth-order valence-electron chi connectivity index (χ4n) is 1.91. The van der Waals surface area contributed by atoms with Crippen molar-refractivity contribution in [3.05, 3.63) is 35.4 Å². The van der Waals surface area contributed by atoms with Crippen molar-refractivity contribution in [2.75, 3.05) is 13.7 Å². The molecule has 0 saturated heterocycles. The van der Waals surface area contributed by atoms with Gasteiger partial charge in [-0.15, -0.1) is 0 Å². The highest BCUT2D eigenvalue weighted by molar-refractivity contribution is 5.28. The molecule has 0 aromatic heterocycles. The molecule has 0 aliphatic rings. The van der Waals surface area contributed by atoms with E-state index in [1.165, 1.54) is 5.56 Å². The summed E-state index contributed by atoms with van der Waals surface area (Å²) < 4.78 is 4.97. The monoisotopic (exact) mass is 251 g/mol. The molecule has 3 N–H and O–H groups in total. The van der Waals surface area contributed by atoms with Gasteiger partial charge in [-0.1, -0.05) is 45.0 Å². The van der Waals surface area contributed by atoms with Crippen LogP contribution in [0.4, 0.5) is 0 Å². The van der Waals surface area contributed by atoms with Crippen molar-refractivity contribution in [3.63, 3.8) is 0 Å². The third-order valence-corrected chi connectivity index (χ3v) is 3.07. The number of aliphatic hydroxyl groups is 1. The Balaban J connectivity index is 2.67. The number of rotatable bonds is 5. The first-order chi connectivity index (χ1) is 8.34. The Hall–Kier alpha value is -0.900. The molecule has 1 aromatic carbocycles. The van der Waals surface area contributed by atoms with Crippen LogP contribution in [0.3, 0.4) is 0 Å². The van der Waals surface area contributed by atoms with E-state index in [0.717, 1.165) is 5.56 Å². The average molecular weight is 251 g/mol. The average Bonchev–Trinajstić information content (AvgIpc) is 2.28. The zero-order chi connectivity index (χ0) is 13.8. The molecule has 0 aliphatic heterocycles. The first-order valence-electron chi connectivity index (χ1n) is 6.37. The summed E-state index contributed by atoms with van der Waals surface area (Å²) >= 11 is 0. The third kappa shape index (κ3) is 4.41. The molecule has 2 atom stereocenters. The molecule has 2 unspecified atom stereocenters. The van der Waals surface area contributed by atoms with Crippen LogP contribution in [0.1, 0.15) is 44.4 Å². The Bertz CT molecular complexity index is 354. The van der Waals surface area contributed by atoms with E-state index >= 15 is 0 Å². The molecule has 3 heteroatoms. The standard InChI is InChI=1S/C15H25NO2/c1-15(2,3)12-7-5-11(6-8-12)14(17)9-13(16)10-18-4/h5-8,13-14,17H,9-10,16H2,1-4H3. The predicted molar refractivity (Wildman–Crippen MR) is 74.6 cm³/mol. The first-order valence-corrected chi connectivity index (χ1v) is 6.37. The van der Waals surface area contributed by atoms with E-state index in [2.05, 4.69) is 32.9 Å². The van der Waals surface area contributed by atoms with Crippen LogP contribution in [0.15, 0.2) is 24.3 Å². The minimum absolute atomic E-state index is 0.132. The van der Waals surface area contributed by atoms with Crippen molar-refractivity contribution < 1.29 is 9.84 Å². The maximum absolute atomic E-state index is 10.1. The lowest BCUT2D eigenvalue weighted by atomic mass is 9.86. The number of methoxy groups -OCH3 is 1. The fourth-order valence-corrected chi connectivity index (χ4v) is 1.91. The Morgan fingerprint density at radius 3 is 2.22 bits per heavy atom. The lowest BCUT2D eigenvalue weighted by Gasteiger charge is -2.21. The van der Waals surface area contributed by atoms with Gasteiger partial charge in [0.05, 0.1) is 12.7 Å². The highest BCUT2D eigenvalue weighted by Gasteiger charge is 2.16. The number of ether oxygens (including phenoxy) is 1. The van der Waals surface area contributed by atoms with Gasteiger partial charge >= 0.3 is 0 Å². The molecular weight excluding hydrogens is 226 g/mol. The molecule has 0 spiro atoms. The van der Waals surface area contributed by atoms with Gasteiger partial charge in [0, 0.05) is 13.2 Å². The summed E-state index contributed by atoms with van der Waals surface area (Å²) in [4.78, 5) is 0. The van der Waals surface area contributed by atoms with Gasteiger partial charge in [0.15, 0.2) is 0 Å². The van der Waals surface area contributed by atoms with E-state index < -0.39 is 6.10 Å². The van der Waals surface area contributed by atoms with Crippen LogP contribution < -0.4 is 5.73 Å². The van der Waals surface area contributed by atoms with Gasteiger partial charge in [0.2, 0.25) is 0 Å². The normalized spacial score (nSPS) is 15.4. The molecule has 1 rings (SSSR count). The van der Waals surface area contributed by atoms with E-state index in [4.69, 9.17) is 10.5 Å². The summed E-state index contributed by atoms with van der Waals surface area (Å²) in [6, 6.07) is 7.96. The minimum atomic E-state index is -0.524. The number of benzene rings is 1. The molecular formula is C15H25NO2. The van der Waals surface area contributed by atoms with E-state index in [0.29, 0.717) is 13.0 Å². The molecule has 0 radical (unpaired) electrons. The second-order valence-corrected chi connectivity index (χ2v) is 5.84. The molecule has 0 saturated carbocycles. The van der Waals surface area contributed by atoms with Crippen LogP contribution in [0.25, 0.3) is 0 Å². The first kappa shape index (κ1) is 15.2. The van der Waals surface area contributed by atoms with Crippen LogP contribution in [0.2, 0.25) is 0 Å². The Morgan fingerprint density at radius 1 is 1.22 bits per heavy atom. The molecule has 0 amide bonds. The van der Waals surface area contributed by atoms with Crippen molar-refractivity contribution >= 4 is 0 Å². The van der Waals surface area contributed by atoms with Crippen molar-refractivity contribution in [2.24, 2.45) is 5.73 Å². The zero-order valence-electron chi connectivity index (χ0n) is 11.8. The topological polar surface area (TPSA) is 55.5 Å². The van der Waals surface area contributed by atoms with Gasteiger partial charge in [-0.3, -0.25) is 0 Å². The molecule has 0 heterocycles. The number of nitrogens with two attached hydrogens (primary N) is 1. The van der Waals surface area contributed by atoms with Crippen molar-refractivity contribution in [2.45, 2.75) is 44.8 Å². The highest BCUT2D eigenvalue weighted by atomic mass is 16.5. The van der Waals surface area contributed by atoms with Gasteiger partial charge in [-0.05, 0) is 23.0 Å². The van der Waals surface area contributed by atoms with Crippen LogP contribution in [0.5, 0.6) is 0 Å². The zero-order valence-corrected chi connectivity index (χ0v) is 11.8. The van der Waals surface area contributed by atoms with Crippen molar-refractivity contribution in [1.82, 2.24) is 0 Å². The van der Waals surface area contributed by atoms with E-state index in [-0.39, 0.29) is 11.5 Å². The SMILES string of the molecule is COCC(N)CC(O)c1ccc(C(C)(C)C)cc1. The van der Waals surface area contributed by atoms with Crippen molar-refractivity contribution in [3.8, 4) is 0 Å². The Labute approximate surface area is 110 Å². The summed E-state index contributed by atoms with van der Waals surface area (Å²) in [5.41, 5.74) is 8.15. The lowest BCUT2D eigenvalue weighted by molar-refractivity contribution is 0.122. The summed E-state index contributed by atoms with van der Waals surface area (Å²) in [7, 11) is 1.62. The van der Waals surface area contributed by atoms with Gasteiger partial charge in [-0.2, -0.15) is 0 Å². The molecule has 3 nitrogen and oxygen atoms in total. The van der Waals surface area contributed by atoms with Gasteiger partial charge in [0.1, 0.15) is 0 Å². The fraction of sp³-hybridized carbons (Fsp3) is 0.600. The lowest BCUT2D eigenvalue weighted by Crippen LogP contribution is -2.27. The van der Waals surface area contributed by atoms with E-state index in [1.807, 2.05) is 12.1 Å². The van der Waals surface area contributed by atoms with Gasteiger partial charge < -0.3 is 15.6 Å². The quantitative estimate of drug-likeness (QED) is 0.844. The number of aliphatic hydroxyl groups excluding tert-OH is 1. The molecule has 102 valence electrons. The van der Waals surface area contributed by atoms with Gasteiger partial charge in [-0.25, -0.2) is 0 Å². The Morgan fingerprint density at radius 2 is 1.78 bits per heavy atom. The van der Waals surface area contributed by atoms with Crippen LogP contribution in [0, 0.1) is 0 Å². The molecule has 0 aliphatic carbocycles. The predicted octanol–water partition coefficient (Wildman–Crippen LogP) is 2.38. The summed E-state index contributed by atoms with van der Waals surface area (Å²) in [5.74, 6) is 0. The minimum Gasteiger partial charge on any atom is -0.388 e. The second kappa shape index (κ2) is 6.32. The molecule has 0 fully saturated rings. The molecule has 18 heavy (non-hydrogen) atoms. The number of hydrogen-bond donors (Lipinski definition) is 2. The second-order valence-electron chi connectivity index (χ2n) is 5.84. The summed E-state index contributed by atoms with van der Waals surface area (Å²) in [5, 5.41) is 10.1. The van der Waals surface area contributed by atoms with E-state index in [1.54, 1.807) is 7.11 Å². The maximum atomic E-state index is 10.1. The third-order valence-electron chi connectivity index (χ3n) is 3.07. The van der Waals surface area contributed by atoms with Crippen LogP contribution >= 0.6 is 0 Å². The van der Waals surface area contributed by atoms with Crippen LogP contribution in [-0.4, -0.2) is 24.9 Å². The maximum Gasteiger partial charge on any atom is 0.0805 e. The Kier molecular flexibility index (Phi) is 5.32. The molecule has 1 aromatic rings. The largest absolute Gasteiger partial charge is 0.388 e. The van der Waals surface area contributed by atoms with Crippen molar-refractivity contribution in [1.29, 1.82) is 0 Å². The molecule has 0 bridgehead atoms. The highest BCUT2D eigenvalue weighted by Crippen LogP contribution is 2.25. The van der Waals surface area contributed by atoms with E-state index in [9.17, 15) is 5.11 Å². The smallest absolute Gasteiger partial charge is 0.0805 e. The summed E-state index contributed by atoms with van der Waals surface area (Å²) in [6.45, 7) is 6.99. The number of hydrogen-bond acceptors (Lipinski definition) is 3.